The number of carboxylic acids is 1. The van der Waals surface area contributed by atoms with Gasteiger partial charge in [-0.1, -0.05) is 54.6 Å². The number of hydrogen-bond donors (Lipinski definition) is 3. The average Bonchev–Trinajstić information content (AvgIpc) is 2.70. The molecule has 0 bridgehead atoms. The van der Waals surface area contributed by atoms with Crippen molar-refractivity contribution in [1.29, 1.82) is 0 Å². The standard InChI is InChI=1S/C23H28N2O6/c1-23(2,3)31-21(28)24-14-17-11-9-16(10-12-17)13-19(20(26)27)25-22(29)30-15-18-7-5-4-6-8-18/h4-12,19H,13-15H2,1-3H3,(H,24,28)(H,25,29)(H,26,27)/t19-/m0/s1. The second-order valence-electron chi connectivity index (χ2n) is 7.97. The summed E-state index contributed by atoms with van der Waals surface area (Å²) >= 11 is 0. The van der Waals surface area contributed by atoms with E-state index in [1.807, 2.05) is 18.2 Å². The molecular formula is C23H28N2O6. The second kappa shape index (κ2) is 11.0. The van der Waals surface area contributed by atoms with Crippen molar-refractivity contribution in [3.63, 3.8) is 0 Å². The molecule has 0 spiro atoms. The number of rotatable bonds is 8. The van der Waals surface area contributed by atoms with Gasteiger partial charge in [0, 0.05) is 13.0 Å². The van der Waals surface area contributed by atoms with Crippen molar-refractivity contribution in [2.24, 2.45) is 0 Å². The number of nitrogens with one attached hydrogen (secondary N) is 2. The third kappa shape index (κ3) is 9.20. The number of amides is 2. The molecule has 0 saturated carbocycles. The summed E-state index contributed by atoms with van der Waals surface area (Å²) in [6.45, 7) is 5.68. The molecule has 8 nitrogen and oxygen atoms in total. The van der Waals surface area contributed by atoms with E-state index in [9.17, 15) is 19.5 Å². The van der Waals surface area contributed by atoms with Gasteiger partial charge >= 0.3 is 18.2 Å². The molecule has 166 valence electrons. The summed E-state index contributed by atoms with van der Waals surface area (Å²) in [6, 6.07) is 15.0. The van der Waals surface area contributed by atoms with Crippen molar-refractivity contribution in [3.05, 3.63) is 71.3 Å². The van der Waals surface area contributed by atoms with Crippen LogP contribution in [0.5, 0.6) is 0 Å². The third-order valence-electron chi connectivity index (χ3n) is 4.10. The summed E-state index contributed by atoms with van der Waals surface area (Å²) in [5, 5.41) is 14.5. The fourth-order valence-corrected chi connectivity index (χ4v) is 2.62. The second-order valence-corrected chi connectivity index (χ2v) is 7.97. The average molecular weight is 428 g/mol. The molecule has 2 rings (SSSR count). The molecule has 0 aliphatic carbocycles. The highest BCUT2D eigenvalue weighted by Crippen LogP contribution is 2.10. The van der Waals surface area contributed by atoms with E-state index in [2.05, 4.69) is 10.6 Å². The first-order chi connectivity index (χ1) is 14.6. The molecule has 0 fully saturated rings. The zero-order valence-electron chi connectivity index (χ0n) is 17.9. The van der Waals surface area contributed by atoms with Crippen molar-refractivity contribution in [2.75, 3.05) is 0 Å². The number of alkyl carbamates (subject to hydrolysis) is 2. The molecule has 0 unspecified atom stereocenters. The smallest absolute Gasteiger partial charge is 0.408 e. The van der Waals surface area contributed by atoms with Gasteiger partial charge in [-0.25, -0.2) is 14.4 Å². The Labute approximate surface area is 181 Å². The van der Waals surface area contributed by atoms with Gasteiger partial charge in [-0.05, 0) is 37.5 Å². The van der Waals surface area contributed by atoms with Gasteiger partial charge in [-0.2, -0.15) is 0 Å². The molecule has 3 N–H and O–H groups in total. The van der Waals surface area contributed by atoms with E-state index in [0.717, 1.165) is 16.7 Å². The van der Waals surface area contributed by atoms with Crippen molar-refractivity contribution in [3.8, 4) is 0 Å². The van der Waals surface area contributed by atoms with Gasteiger partial charge in [-0.3, -0.25) is 0 Å². The molecule has 0 aliphatic heterocycles. The Hall–Kier alpha value is -3.55. The minimum Gasteiger partial charge on any atom is -0.480 e. The largest absolute Gasteiger partial charge is 0.480 e. The van der Waals surface area contributed by atoms with Crippen LogP contribution >= 0.6 is 0 Å². The lowest BCUT2D eigenvalue weighted by Crippen LogP contribution is -2.42. The maximum absolute atomic E-state index is 12.0. The predicted octanol–water partition coefficient (Wildman–Crippen LogP) is 3.63. The minimum absolute atomic E-state index is 0.0539. The SMILES string of the molecule is CC(C)(C)OC(=O)NCc1ccc(C[C@H](NC(=O)OCc2ccccc2)C(=O)O)cc1. The zero-order chi connectivity index (χ0) is 22.9. The number of aliphatic carboxylic acids is 1. The summed E-state index contributed by atoms with van der Waals surface area (Å²) in [4.78, 5) is 35.2. The monoisotopic (exact) mass is 428 g/mol. The van der Waals surface area contributed by atoms with Gasteiger partial charge < -0.3 is 25.2 Å². The van der Waals surface area contributed by atoms with Crippen LogP contribution in [-0.4, -0.2) is 34.9 Å². The zero-order valence-corrected chi connectivity index (χ0v) is 17.9. The van der Waals surface area contributed by atoms with E-state index < -0.39 is 29.8 Å². The van der Waals surface area contributed by atoms with Gasteiger partial charge in [-0.15, -0.1) is 0 Å². The maximum atomic E-state index is 12.0. The Morgan fingerprint density at radius 2 is 1.52 bits per heavy atom. The third-order valence-corrected chi connectivity index (χ3v) is 4.10. The van der Waals surface area contributed by atoms with Crippen LogP contribution in [0.15, 0.2) is 54.6 Å². The molecule has 0 aromatic heterocycles. The fraction of sp³-hybridized carbons (Fsp3) is 0.348. The van der Waals surface area contributed by atoms with Crippen LogP contribution in [0, 0.1) is 0 Å². The summed E-state index contributed by atoms with van der Waals surface area (Å²) in [5.74, 6) is -1.16. The van der Waals surface area contributed by atoms with Gasteiger partial charge in [0.05, 0.1) is 0 Å². The number of hydrogen-bond acceptors (Lipinski definition) is 5. The first kappa shape index (κ1) is 23.7. The summed E-state index contributed by atoms with van der Waals surface area (Å²) in [6.07, 6.45) is -1.22. The molecule has 31 heavy (non-hydrogen) atoms. The lowest BCUT2D eigenvalue weighted by atomic mass is 10.0. The number of carboxylic acid groups (broad SMARTS) is 1. The quantitative estimate of drug-likeness (QED) is 0.592. The predicted molar refractivity (Wildman–Crippen MR) is 114 cm³/mol. The maximum Gasteiger partial charge on any atom is 0.408 e. The molecule has 2 amide bonds. The number of benzene rings is 2. The van der Waals surface area contributed by atoms with Crippen LogP contribution in [-0.2, 0) is 33.8 Å². The van der Waals surface area contributed by atoms with Gasteiger partial charge in [0.2, 0.25) is 0 Å². The first-order valence-corrected chi connectivity index (χ1v) is 9.87. The fourth-order valence-electron chi connectivity index (χ4n) is 2.62. The van der Waals surface area contributed by atoms with Gasteiger partial charge in [0.25, 0.3) is 0 Å². The Morgan fingerprint density at radius 1 is 0.903 bits per heavy atom. The molecule has 2 aromatic carbocycles. The lowest BCUT2D eigenvalue weighted by Gasteiger charge is -2.19. The molecule has 8 heteroatoms. The van der Waals surface area contributed by atoms with Crippen LogP contribution in [0.25, 0.3) is 0 Å². The Morgan fingerprint density at radius 3 is 2.10 bits per heavy atom. The van der Waals surface area contributed by atoms with E-state index >= 15 is 0 Å². The van der Waals surface area contributed by atoms with E-state index in [-0.39, 0.29) is 19.6 Å². The minimum atomic E-state index is -1.16. The van der Waals surface area contributed by atoms with Crippen LogP contribution in [0.4, 0.5) is 9.59 Å². The highest BCUT2D eigenvalue weighted by atomic mass is 16.6. The van der Waals surface area contributed by atoms with Crippen LogP contribution in [0.2, 0.25) is 0 Å². The topological polar surface area (TPSA) is 114 Å². The first-order valence-electron chi connectivity index (χ1n) is 9.87. The van der Waals surface area contributed by atoms with Crippen molar-refractivity contribution < 1.29 is 29.0 Å². The highest BCUT2D eigenvalue weighted by molar-refractivity contribution is 5.80. The number of carbonyl (C=O) groups excluding carboxylic acids is 2. The van der Waals surface area contributed by atoms with E-state index in [0.29, 0.717) is 0 Å². The van der Waals surface area contributed by atoms with Gasteiger partial charge in [0.15, 0.2) is 0 Å². The van der Waals surface area contributed by atoms with Gasteiger partial charge in [0.1, 0.15) is 18.2 Å². The summed E-state index contributed by atoms with van der Waals surface area (Å²) in [7, 11) is 0. The number of carbonyl (C=O) groups is 3. The Balaban J connectivity index is 1.84. The highest BCUT2D eigenvalue weighted by Gasteiger charge is 2.21. The molecule has 0 heterocycles. The molecular weight excluding hydrogens is 400 g/mol. The van der Waals surface area contributed by atoms with Crippen molar-refractivity contribution >= 4 is 18.2 Å². The van der Waals surface area contributed by atoms with Crippen molar-refractivity contribution in [2.45, 2.75) is 52.0 Å². The Bertz CT molecular complexity index is 875. The number of ether oxygens (including phenoxy) is 2. The Kier molecular flexibility index (Phi) is 8.43. The van der Waals surface area contributed by atoms with Crippen molar-refractivity contribution in [1.82, 2.24) is 10.6 Å². The molecule has 1 atom stereocenters. The van der Waals surface area contributed by atoms with E-state index in [4.69, 9.17) is 9.47 Å². The lowest BCUT2D eigenvalue weighted by molar-refractivity contribution is -0.139. The van der Waals surface area contributed by atoms with E-state index in [1.165, 1.54) is 0 Å². The summed E-state index contributed by atoms with van der Waals surface area (Å²) < 4.78 is 10.3. The molecule has 0 radical (unpaired) electrons. The molecule has 2 aromatic rings. The van der Waals surface area contributed by atoms with Crippen LogP contribution < -0.4 is 10.6 Å². The van der Waals surface area contributed by atoms with Crippen LogP contribution in [0.1, 0.15) is 37.5 Å². The van der Waals surface area contributed by atoms with E-state index in [1.54, 1.807) is 57.2 Å². The van der Waals surface area contributed by atoms with Crippen LogP contribution in [0.3, 0.4) is 0 Å². The molecule has 0 aliphatic rings. The summed E-state index contributed by atoms with van der Waals surface area (Å²) in [5.41, 5.74) is 1.78. The molecule has 0 saturated heterocycles. The normalized spacial score (nSPS) is 11.8.